The predicted octanol–water partition coefficient (Wildman–Crippen LogP) is 2.10. The van der Waals surface area contributed by atoms with Gasteiger partial charge in [-0.1, -0.05) is 25.7 Å². The van der Waals surface area contributed by atoms with Crippen LogP contribution in [0.3, 0.4) is 0 Å². The molecule has 2 N–H and O–H groups in total. The summed E-state index contributed by atoms with van der Waals surface area (Å²) in [4.78, 5) is 23.4. The zero-order valence-corrected chi connectivity index (χ0v) is 12.0. The first-order valence-electron chi connectivity index (χ1n) is 7.74. The summed E-state index contributed by atoms with van der Waals surface area (Å²) in [6.07, 6.45) is 8.33. The first-order valence-corrected chi connectivity index (χ1v) is 7.74. The van der Waals surface area contributed by atoms with E-state index in [1.54, 1.807) is 0 Å². The summed E-state index contributed by atoms with van der Waals surface area (Å²) in [6.45, 7) is 0.795. The van der Waals surface area contributed by atoms with Crippen molar-refractivity contribution in [1.29, 1.82) is 0 Å². The normalized spacial score (nSPS) is 22.6. The molecule has 0 atom stereocenters. The first-order chi connectivity index (χ1) is 9.62. The van der Waals surface area contributed by atoms with E-state index in [2.05, 4.69) is 5.32 Å². The minimum atomic E-state index is -1.11. The van der Waals surface area contributed by atoms with Crippen LogP contribution in [0.5, 0.6) is 0 Å². The molecule has 1 saturated carbocycles. The Hall–Kier alpha value is -1.10. The first kappa shape index (κ1) is 15.3. The van der Waals surface area contributed by atoms with Gasteiger partial charge in [-0.15, -0.1) is 0 Å². The molecule has 114 valence electrons. The monoisotopic (exact) mass is 283 g/mol. The van der Waals surface area contributed by atoms with E-state index in [0.29, 0.717) is 32.5 Å². The van der Waals surface area contributed by atoms with Gasteiger partial charge in [-0.25, -0.2) is 4.79 Å². The van der Waals surface area contributed by atoms with E-state index in [9.17, 15) is 14.7 Å². The lowest BCUT2D eigenvalue weighted by atomic mass is 9.89. The SMILES string of the molecule is O=C(CCCC1CCCC1)NC1(C(=O)O)CCOCC1. The van der Waals surface area contributed by atoms with Crippen LogP contribution in [0.4, 0.5) is 0 Å². The highest BCUT2D eigenvalue weighted by Crippen LogP contribution is 2.29. The van der Waals surface area contributed by atoms with E-state index in [1.807, 2.05) is 0 Å². The van der Waals surface area contributed by atoms with Gasteiger partial charge in [0, 0.05) is 32.5 Å². The van der Waals surface area contributed by atoms with E-state index in [4.69, 9.17) is 4.74 Å². The lowest BCUT2D eigenvalue weighted by Gasteiger charge is -2.33. The molecule has 5 heteroatoms. The fourth-order valence-electron chi connectivity index (χ4n) is 3.29. The van der Waals surface area contributed by atoms with Gasteiger partial charge in [-0.2, -0.15) is 0 Å². The number of hydrogen-bond acceptors (Lipinski definition) is 3. The van der Waals surface area contributed by atoms with Crippen molar-refractivity contribution in [2.75, 3.05) is 13.2 Å². The fourth-order valence-corrected chi connectivity index (χ4v) is 3.29. The number of nitrogens with one attached hydrogen (secondary N) is 1. The van der Waals surface area contributed by atoms with Gasteiger partial charge in [0.25, 0.3) is 0 Å². The van der Waals surface area contributed by atoms with E-state index in [1.165, 1.54) is 25.7 Å². The summed E-state index contributed by atoms with van der Waals surface area (Å²) in [7, 11) is 0. The van der Waals surface area contributed by atoms with E-state index < -0.39 is 11.5 Å². The molecule has 20 heavy (non-hydrogen) atoms. The molecule has 2 fully saturated rings. The Labute approximate surface area is 120 Å². The minimum absolute atomic E-state index is 0.132. The summed E-state index contributed by atoms with van der Waals surface area (Å²) in [6, 6.07) is 0. The van der Waals surface area contributed by atoms with Gasteiger partial charge in [0.15, 0.2) is 0 Å². The summed E-state index contributed by atoms with van der Waals surface area (Å²) in [5, 5.41) is 12.1. The summed E-state index contributed by atoms with van der Waals surface area (Å²) >= 11 is 0. The topological polar surface area (TPSA) is 75.6 Å². The third-order valence-corrected chi connectivity index (χ3v) is 4.63. The Morgan fingerprint density at radius 3 is 2.45 bits per heavy atom. The van der Waals surface area contributed by atoms with Gasteiger partial charge in [0.1, 0.15) is 5.54 Å². The van der Waals surface area contributed by atoms with Crippen molar-refractivity contribution in [3.8, 4) is 0 Å². The quantitative estimate of drug-likeness (QED) is 0.782. The summed E-state index contributed by atoms with van der Waals surface area (Å²) in [5.41, 5.74) is -1.11. The van der Waals surface area contributed by atoms with Crippen LogP contribution < -0.4 is 5.32 Å². The van der Waals surface area contributed by atoms with Crippen molar-refractivity contribution in [1.82, 2.24) is 5.32 Å². The summed E-state index contributed by atoms with van der Waals surface area (Å²) < 4.78 is 5.19. The number of rotatable bonds is 6. The van der Waals surface area contributed by atoms with Crippen LogP contribution in [-0.4, -0.2) is 35.7 Å². The van der Waals surface area contributed by atoms with Crippen LogP contribution in [-0.2, 0) is 14.3 Å². The molecule has 2 aliphatic rings. The third-order valence-electron chi connectivity index (χ3n) is 4.63. The second kappa shape index (κ2) is 7.07. The predicted molar refractivity (Wildman–Crippen MR) is 74.4 cm³/mol. The van der Waals surface area contributed by atoms with Crippen molar-refractivity contribution in [2.45, 2.75) is 63.3 Å². The third kappa shape index (κ3) is 3.95. The molecule has 2 rings (SSSR count). The largest absolute Gasteiger partial charge is 0.480 e. The molecule has 1 saturated heterocycles. The maximum atomic E-state index is 12.0. The van der Waals surface area contributed by atoms with Crippen LogP contribution in [0.2, 0.25) is 0 Å². The molecule has 0 bridgehead atoms. The Balaban J connectivity index is 1.75. The van der Waals surface area contributed by atoms with Crippen molar-refractivity contribution < 1.29 is 19.4 Å². The van der Waals surface area contributed by atoms with Crippen molar-refractivity contribution in [2.24, 2.45) is 5.92 Å². The molecule has 0 aromatic heterocycles. The highest BCUT2D eigenvalue weighted by molar-refractivity contribution is 5.87. The van der Waals surface area contributed by atoms with Gasteiger partial charge < -0.3 is 15.2 Å². The van der Waals surface area contributed by atoms with Gasteiger partial charge in [-0.3, -0.25) is 4.79 Å². The molecular formula is C15H25NO4. The molecule has 1 amide bonds. The highest BCUT2D eigenvalue weighted by Gasteiger charge is 2.41. The van der Waals surface area contributed by atoms with E-state index >= 15 is 0 Å². The van der Waals surface area contributed by atoms with Crippen molar-refractivity contribution in [3.05, 3.63) is 0 Å². The highest BCUT2D eigenvalue weighted by atomic mass is 16.5. The number of hydrogen-bond donors (Lipinski definition) is 2. The lowest BCUT2D eigenvalue weighted by Crippen LogP contribution is -2.57. The number of carbonyl (C=O) groups excluding carboxylic acids is 1. The van der Waals surface area contributed by atoms with Gasteiger partial charge in [-0.05, 0) is 18.8 Å². The Kier molecular flexibility index (Phi) is 5.40. The Bertz CT molecular complexity index is 344. The number of carbonyl (C=O) groups is 2. The Morgan fingerprint density at radius 1 is 1.20 bits per heavy atom. The smallest absolute Gasteiger partial charge is 0.329 e. The summed E-state index contributed by atoms with van der Waals surface area (Å²) in [5.74, 6) is -0.295. The molecule has 0 aromatic rings. The van der Waals surface area contributed by atoms with Gasteiger partial charge >= 0.3 is 5.97 Å². The number of carboxylic acids is 1. The lowest BCUT2D eigenvalue weighted by molar-refractivity contribution is -0.152. The molecule has 1 heterocycles. The second-order valence-electron chi connectivity index (χ2n) is 6.09. The number of amides is 1. The molecule has 0 spiro atoms. The molecular weight excluding hydrogens is 258 g/mol. The molecule has 5 nitrogen and oxygen atoms in total. The van der Waals surface area contributed by atoms with Crippen LogP contribution in [0.1, 0.15) is 57.8 Å². The molecule has 1 aliphatic carbocycles. The van der Waals surface area contributed by atoms with Crippen molar-refractivity contribution >= 4 is 11.9 Å². The average Bonchev–Trinajstić information content (AvgIpc) is 2.93. The van der Waals surface area contributed by atoms with Crippen LogP contribution in [0.25, 0.3) is 0 Å². The standard InChI is InChI=1S/C15H25NO4/c17-13(7-3-6-12-4-1-2-5-12)16-15(14(18)19)8-10-20-11-9-15/h12H,1-11H2,(H,16,17)(H,18,19). The zero-order chi connectivity index (χ0) is 14.4. The van der Waals surface area contributed by atoms with Crippen LogP contribution >= 0.6 is 0 Å². The maximum absolute atomic E-state index is 12.0. The zero-order valence-electron chi connectivity index (χ0n) is 12.0. The van der Waals surface area contributed by atoms with Crippen LogP contribution in [0, 0.1) is 5.92 Å². The van der Waals surface area contributed by atoms with Crippen molar-refractivity contribution in [3.63, 3.8) is 0 Å². The molecule has 1 aliphatic heterocycles. The van der Waals surface area contributed by atoms with E-state index in [0.717, 1.165) is 18.8 Å². The van der Waals surface area contributed by atoms with Gasteiger partial charge in [0.2, 0.25) is 5.91 Å². The molecule has 0 radical (unpaired) electrons. The second-order valence-corrected chi connectivity index (χ2v) is 6.09. The number of aliphatic carboxylic acids is 1. The van der Waals surface area contributed by atoms with Gasteiger partial charge in [0.05, 0.1) is 0 Å². The number of ether oxygens (including phenoxy) is 1. The van der Waals surface area contributed by atoms with Crippen LogP contribution in [0.15, 0.2) is 0 Å². The number of carboxylic acid groups (broad SMARTS) is 1. The Morgan fingerprint density at radius 2 is 1.85 bits per heavy atom. The molecule has 0 aromatic carbocycles. The minimum Gasteiger partial charge on any atom is -0.480 e. The average molecular weight is 283 g/mol. The maximum Gasteiger partial charge on any atom is 0.329 e. The molecule has 0 unspecified atom stereocenters. The van der Waals surface area contributed by atoms with E-state index in [-0.39, 0.29) is 5.91 Å². The fraction of sp³-hybridized carbons (Fsp3) is 0.867.